The second kappa shape index (κ2) is 3.77. The molecule has 2 aromatic rings. The van der Waals surface area contributed by atoms with Crippen molar-refractivity contribution in [3.05, 3.63) is 42.2 Å². The van der Waals surface area contributed by atoms with Crippen molar-refractivity contribution >= 4 is 10.0 Å². The van der Waals surface area contributed by atoms with Crippen molar-refractivity contribution < 1.29 is 12.8 Å². The monoisotopic (exact) mass is 237 g/mol. The van der Waals surface area contributed by atoms with E-state index in [2.05, 4.69) is 0 Å². The topological polar surface area (TPSA) is 73.3 Å². The van der Waals surface area contributed by atoms with Crippen molar-refractivity contribution in [3.8, 4) is 11.3 Å². The highest BCUT2D eigenvalue weighted by atomic mass is 32.2. The summed E-state index contributed by atoms with van der Waals surface area (Å²) >= 11 is 0. The molecule has 16 heavy (non-hydrogen) atoms. The molecule has 84 valence electrons. The van der Waals surface area contributed by atoms with Crippen molar-refractivity contribution in [2.45, 2.75) is 11.8 Å². The van der Waals surface area contributed by atoms with Gasteiger partial charge in [-0.1, -0.05) is 12.1 Å². The van der Waals surface area contributed by atoms with Crippen LogP contribution in [0.2, 0.25) is 0 Å². The molecule has 2 N–H and O–H groups in total. The second-order valence-corrected chi connectivity index (χ2v) is 4.98. The van der Waals surface area contributed by atoms with Crippen LogP contribution in [0.25, 0.3) is 11.3 Å². The molecule has 1 heterocycles. The Morgan fingerprint density at radius 1 is 1.12 bits per heavy atom. The lowest BCUT2D eigenvalue weighted by atomic mass is 10.2. The van der Waals surface area contributed by atoms with Crippen LogP contribution >= 0.6 is 0 Å². The Morgan fingerprint density at radius 3 is 2.38 bits per heavy atom. The standard InChI is InChI=1S/C11H11NO3S/c1-8-6-7-10(15-8)9-4-2-3-5-11(9)16(12,13)14/h2-7H,1H3,(H2,12,13,14). The van der Waals surface area contributed by atoms with Crippen LogP contribution in [-0.4, -0.2) is 8.42 Å². The van der Waals surface area contributed by atoms with Gasteiger partial charge in [0.1, 0.15) is 11.5 Å². The minimum atomic E-state index is -3.73. The van der Waals surface area contributed by atoms with Crippen LogP contribution in [0.1, 0.15) is 5.76 Å². The third-order valence-corrected chi connectivity index (χ3v) is 3.17. The van der Waals surface area contributed by atoms with Gasteiger partial charge < -0.3 is 4.42 Å². The van der Waals surface area contributed by atoms with Crippen molar-refractivity contribution in [3.63, 3.8) is 0 Å². The van der Waals surface area contributed by atoms with E-state index in [1.54, 1.807) is 37.3 Å². The summed E-state index contributed by atoms with van der Waals surface area (Å²) in [6.45, 7) is 1.79. The molecule has 1 aromatic heterocycles. The molecule has 0 saturated carbocycles. The molecular weight excluding hydrogens is 226 g/mol. The fourth-order valence-electron chi connectivity index (χ4n) is 1.50. The minimum absolute atomic E-state index is 0.0735. The van der Waals surface area contributed by atoms with Gasteiger partial charge in [0.05, 0.1) is 4.90 Å². The Bertz CT molecular complexity index is 614. The zero-order valence-electron chi connectivity index (χ0n) is 8.67. The molecule has 0 aliphatic rings. The van der Waals surface area contributed by atoms with Crippen molar-refractivity contribution in [2.24, 2.45) is 5.14 Å². The second-order valence-electron chi connectivity index (χ2n) is 3.45. The lowest BCUT2D eigenvalue weighted by molar-refractivity contribution is 0.546. The van der Waals surface area contributed by atoms with Crippen LogP contribution in [0.5, 0.6) is 0 Å². The van der Waals surface area contributed by atoms with Gasteiger partial charge in [0.2, 0.25) is 10.0 Å². The summed E-state index contributed by atoms with van der Waals surface area (Å²) in [5, 5.41) is 5.13. The first-order valence-electron chi connectivity index (χ1n) is 4.67. The van der Waals surface area contributed by atoms with Crippen LogP contribution in [0.3, 0.4) is 0 Å². The number of hydrogen-bond donors (Lipinski definition) is 1. The molecule has 1 aromatic carbocycles. The fraction of sp³-hybridized carbons (Fsp3) is 0.0909. The van der Waals surface area contributed by atoms with Gasteiger partial charge in [0.15, 0.2) is 0 Å². The Labute approximate surface area is 93.7 Å². The minimum Gasteiger partial charge on any atom is -0.461 e. The molecule has 0 fully saturated rings. The molecular formula is C11H11NO3S. The summed E-state index contributed by atoms with van der Waals surface area (Å²) in [4.78, 5) is 0.0735. The van der Waals surface area contributed by atoms with Gasteiger partial charge >= 0.3 is 0 Å². The molecule has 2 rings (SSSR count). The molecule has 0 atom stereocenters. The van der Waals surface area contributed by atoms with Gasteiger partial charge in [-0.3, -0.25) is 0 Å². The Hall–Kier alpha value is -1.59. The van der Waals surface area contributed by atoms with E-state index in [0.29, 0.717) is 11.3 Å². The molecule has 0 unspecified atom stereocenters. The fourth-order valence-corrected chi connectivity index (χ4v) is 2.24. The maximum Gasteiger partial charge on any atom is 0.238 e. The number of nitrogens with two attached hydrogens (primary N) is 1. The van der Waals surface area contributed by atoms with E-state index in [1.807, 2.05) is 0 Å². The van der Waals surface area contributed by atoms with E-state index in [1.165, 1.54) is 6.07 Å². The van der Waals surface area contributed by atoms with Crippen LogP contribution in [-0.2, 0) is 10.0 Å². The summed E-state index contributed by atoms with van der Waals surface area (Å²) in [6, 6.07) is 9.98. The summed E-state index contributed by atoms with van der Waals surface area (Å²) in [5.41, 5.74) is 0.484. The predicted molar refractivity (Wildman–Crippen MR) is 60.3 cm³/mol. The van der Waals surface area contributed by atoms with Crippen LogP contribution < -0.4 is 5.14 Å². The zero-order valence-corrected chi connectivity index (χ0v) is 9.49. The highest BCUT2D eigenvalue weighted by molar-refractivity contribution is 7.89. The van der Waals surface area contributed by atoms with E-state index in [-0.39, 0.29) is 4.90 Å². The van der Waals surface area contributed by atoms with Gasteiger partial charge in [0, 0.05) is 5.56 Å². The van der Waals surface area contributed by atoms with E-state index in [4.69, 9.17) is 9.56 Å². The predicted octanol–water partition coefficient (Wildman–Crippen LogP) is 1.90. The van der Waals surface area contributed by atoms with Gasteiger partial charge in [-0.05, 0) is 31.2 Å². The quantitative estimate of drug-likeness (QED) is 0.866. The Balaban J connectivity index is 2.66. The van der Waals surface area contributed by atoms with Gasteiger partial charge in [0.25, 0.3) is 0 Å². The molecule has 4 nitrogen and oxygen atoms in total. The number of primary sulfonamides is 1. The van der Waals surface area contributed by atoms with E-state index in [9.17, 15) is 8.42 Å². The maximum absolute atomic E-state index is 11.4. The lowest BCUT2D eigenvalue weighted by Crippen LogP contribution is -2.13. The first-order valence-corrected chi connectivity index (χ1v) is 6.22. The van der Waals surface area contributed by atoms with Gasteiger partial charge in [-0.15, -0.1) is 0 Å². The molecule has 0 aliphatic heterocycles. The third kappa shape index (κ3) is 2.00. The van der Waals surface area contributed by atoms with Crippen LogP contribution in [0.15, 0.2) is 45.7 Å². The van der Waals surface area contributed by atoms with Crippen molar-refractivity contribution in [1.29, 1.82) is 0 Å². The van der Waals surface area contributed by atoms with Gasteiger partial charge in [-0.2, -0.15) is 0 Å². The average Bonchev–Trinajstić information content (AvgIpc) is 2.64. The third-order valence-electron chi connectivity index (χ3n) is 2.20. The molecule has 0 radical (unpaired) electrons. The maximum atomic E-state index is 11.4. The first kappa shape index (κ1) is 10.9. The number of rotatable bonds is 2. The van der Waals surface area contributed by atoms with Crippen molar-refractivity contribution in [1.82, 2.24) is 0 Å². The normalized spacial score (nSPS) is 11.6. The Morgan fingerprint density at radius 2 is 1.81 bits per heavy atom. The summed E-state index contributed by atoms with van der Waals surface area (Å²) in [5.74, 6) is 1.22. The Kier molecular flexibility index (Phi) is 2.57. The van der Waals surface area contributed by atoms with E-state index >= 15 is 0 Å². The molecule has 5 heteroatoms. The summed E-state index contributed by atoms with van der Waals surface area (Å²) < 4.78 is 28.1. The number of benzene rings is 1. The first-order chi connectivity index (χ1) is 7.48. The molecule has 0 spiro atoms. The van der Waals surface area contributed by atoms with Crippen LogP contribution in [0, 0.1) is 6.92 Å². The molecule has 0 bridgehead atoms. The number of furan rings is 1. The molecule has 0 amide bonds. The van der Waals surface area contributed by atoms with E-state index < -0.39 is 10.0 Å². The van der Waals surface area contributed by atoms with Gasteiger partial charge in [-0.25, -0.2) is 13.6 Å². The highest BCUT2D eigenvalue weighted by Gasteiger charge is 2.16. The van der Waals surface area contributed by atoms with E-state index in [0.717, 1.165) is 5.76 Å². The SMILES string of the molecule is Cc1ccc(-c2ccccc2S(N)(=O)=O)o1. The summed E-state index contributed by atoms with van der Waals surface area (Å²) in [6.07, 6.45) is 0. The van der Waals surface area contributed by atoms with Crippen LogP contribution in [0.4, 0.5) is 0 Å². The largest absolute Gasteiger partial charge is 0.461 e. The number of sulfonamides is 1. The van der Waals surface area contributed by atoms with Crippen molar-refractivity contribution in [2.75, 3.05) is 0 Å². The summed E-state index contributed by atoms with van der Waals surface area (Å²) in [7, 11) is -3.73. The number of hydrogen-bond acceptors (Lipinski definition) is 3. The number of aryl methyl sites for hydroxylation is 1. The smallest absolute Gasteiger partial charge is 0.238 e. The highest BCUT2D eigenvalue weighted by Crippen LogP contribution is 2.27. The zero-order chi connectivity index (χ0) is 11.8. The molecule has 0 aliphatic carbocycles. The average molecular weight is 237 g/mol. The lowest BCUT2D eigenvalue weighted by Gasteiger charge is -2.04. The molecule has 0 saturated heterocycles.